The number of amides is 1. The van der Waals surface area contributed by atoms with E-state index < -0.39 is 6.10 Å². The molecule has 0 aromatic heterocycles. The van der Waals surface area contributed by atoms with Gasteiger partial charge in [-0.05, 0) is 52.9 Å². The highest BCUT2D eigenvalue weighted by molar-refractivity contribution is 14.1. The SMILES string of the molecule is O=C(Nc1cc2c(cc1[C@@H](O)c1ccccc1Cl)OCCO2)c1cccc(I)c1. The van der Waals surface area contributed by atoms with Gasteiger partial charge < -0.3 is 19.9 Å². The number of rotatable bonds is 4. The highest BCUT2D eigenvalue weighted by Crippen LogP contribution is 2.41. The molecule has 4 rings (SSSR count). The highest BCUT2D eigenvalue weighted by Gasteiger charge is 2.23. The zero-order chi connectivity index (χ0) is 20.4. The van der Waals surface area contributed by atoms with Crippen LogP contribution >= 0.6 is 34.2 Å². The van der Waals surface area contributed by atoms with E-state index in [9.17, 15) is 9.90 Å². The summed E-state index contributed by atoms with van der Waals surface area (Å²) < 4.78 is 12.3. The van der Waals surface area contributed by atoms with Crippen LogP contribution in [0.15, 0.2) is 60.7 Å². The number of aliphatic hydroxyl groups is 1. The second-order valence-electron chi connectivity index (χ2n) is 6.47. The second-order valence-corrected chi connectivity index (χ2v) is 8.12. The van der Waals surface area contributed by atoms with E-state index in [1.807, 2.05) is 12.1 Å². The molecule has 1 aliphatic rings. The maximum Gasteiger partial charge on any atom is 0.255 e. The fourth-order valence-electron chi connectivity index (χ4n) is 3.13. The van der Waals surface area contributed by atoms with Gasteiger partial charge in [-0.15, -0.1) is 0 Å². The monoisotopic (exact) mass is 521 g/mol. The van der Waals surface area contributed by atoms with Gasteiger partial charge in [-0.1, -0.05) is 35.9 Å². The Morgan fingerprint density at radius 3 is 2.45 bits per heavy atom. The van der Waals surface area contributed by atoms with Crippen molar-refractivity contribution >= 4 is 45.8 Å². The minimum atomic E-state index is -1.05. The smallest absolute Gasteiger partial charge is 0.255 e. The molecule has 0 aliphatic carbocycles. The predicted molar refractivity (Wildman–Crippen MR) is 120 cm³/mol. The lowest BCUT2D eigenvalue weighted by Crippen LogP contribution is -2.19. The molecule has 29 heavy (non-hydrogen) atoms. The fraction of sp³-hybridized carbons (Fsp3) is 0.136. The third kappa shape index (κ3) is 4.34. The minimum Gasteiger partial charge on any atom is -0.486 e. The summed E-state index contributed by atoms with van der Waals surface area (Å²) in [6, 6.07) is 17.7. The number of nitrogens with one attached hydrogen (secondary N) is 1. The number of carbonyl (C=O) groups excluding carboxylic acids is 1. The van der Waals surface area contributed by atoms with Crippen molar-refractivity contribution in [1.29, 1.82) is 0 Å². The van der Waals surface area contributed by atoms with E-state index >= 15 is 0 Å². The summed E-state index contributed by atoms with van der Waals surface area (Å²) in [6.45, 7) is 0.840. The van der Waals surface area contributed by atoms with E-state index in [1.54, 1.807) is 48.5 Å². The first-order valence-corrected chi connectivity index (χ1v) is 10.4. The van der Waals surface area contributed by atoms with E-state index in [0.29, 0.717) is 52.1 Å². The number of hydrogen-bond donors (Lipinski definition) is 2. The first-order chi connectivity index (χ1) is 14.0. The molecule has 0 bridgehead atoms. The fourth-order valence-corrected chi connectivity index (χ4v) is 3.91. The molecule has 148 valence electrons. The van der Waals surface area contributed by atoms with E-state index in [4.69, 9.17) is 21.1 Å². The second kappa shape index (κ2) is 8.61. The van der Waals surface area contributed by atoms with E-state index in [-0.39, 0.29) is 5.91 Å². The molecule has 3 aromatic carbocycles. The number of benzene rings is 3. The number of halogens is 2. The van der Waals surface area contributed by atoms with Crippen molar-refractivity contribution in [2.75, 3.05) is 18.5 Å². The van der Waals surface area contributed by atoms with Crippen LogP contribution in [0.3, 0.4) is 0 Å². The van der Waals surface area contributed by atoms with Crippen molar-refractivity contribution in [3.63, 3.8) is 0 Å². The van der Waals surface area contributed by atoms with Crippen LogP contribution in [-0.2, 0) is 0 Å². The number of hydrogen-bond acceptors (Lipinski definition) is 4. The lowest BCUT2D eigenvalue weighted by atomic mass is 9.98. The molecule has 1 heterocycles. The highest BCUT2D eigenvalue weighted by atomic mass is 127. The summed E-state index contributed by atoms with van der Waals surface area (Å²) in [5, 5.41) is 14.4. The molecule has 0 saturated carbocycles. The lowest BCUT2D eigenvalue weighted by Gasteiger charge is -2.24. The third-order valence-corrected chi connectivity index (χ3v) is 5.56. The normalized spacial score (nSPS) is 13.6. The van der Waals surface area contributed by atoms with Gasteiger partial charge in [0.05, 0.1) is 5.69 Å². The Morgan fingerprint density at radius 2 is 1.72 bits per heavy atom. The Morgan fingerprint density at radius 1 is 1.00 bits per heavy atom. The van der Waals surface area contributed by atoms with Crippen molar-refractivity contribution in [3.05, 3.63) is 85.9 Å². The summed E-state index contributed by atoms with van der Waals surface area (Å²) in [5.41, 5.74) is 1.97. The Bertz CT molecular complexity index is 1070. The molecule has 0 spiro atoms. The van der Waals surface area contributed by atoms with E-state index in [1.165, 1.54) is 0 Å². The minimum absolute atomic E-state index is 0.284. The Balaban J connectivity index is 1.75. The van der Waals surface area contributed by atoms with Crippen molar-refractivity contribution in [1.82, 2.24) is 0 Å². The summed E-state index contributed by atoms with van der Waals surface area (Å²) in [7, 11) is 0. The average Bonchev–Trinajstić information content (AvgIpc) is 2.73. The zero-order valence-corrected chi connectivity index (χ0v) is 18.1. The largest absolute Gasteiger partial charge is 0.486 e. The molecule has 7 heteroatoms. The van der Waals surface area contributed by atoms with Gasteiger partial charge in [0.15, 0.2) is 11.5 Å². The van der Waals surface area contributed by atoms with Crippen molar-refractivity contribution in [2.24, 2.45) is 0 Å². The lowest BCUT2D eigenvalue weighted by molar-refractivity contribution is 0.102. The first kappa shape index (κ1) is 20.0. The molecule has 3 aromatic rings. The summed E-state index contributed by atoms with van der Waals surface area (Å²) >= 11 is 8.44. The van der Waals surface area contributed by atoms with Crippen LogP contribution in [0.25, 0.3) is 0 Å². The van der Waals surface area contributed by atoms with Gasteiger partial charge in [0.1, 0.15) is 19.3 Å². The van der Waals surface area contributed by atoms with Gasteiger partial charge in [-0.2, -0.15) is 0 Å². The van der Waals surface area contributed by atoms with Gasteiger partial charge in [0.2, 0.25) is 0 Å². The summed E-state index contributed by atoms with van der Waals surface area (Å²) in [6.07, 6.45) is -1.05. The molecule has 0 fully saturated rings. The van der Waals surface area contributed by atoms with E-state index in [2.05, 4.69) is 27.9 Å². The molecule has 1 atom stereocenters. The number of fused-ring (bicyclic) bond motifs is 1. The van der Waals surface area contributed by atoms with Gasteiger partial charge >= 0.3 is 0 Å². The first-order valence-electron chi connectivity index (χ1n) is 8.96. The molecule has 1 amide bonds. The topological polar surface area (TPSA) is 67.8 Å². The predicted octanol–water partition coefficient (Wildman–Crippen LogP) is 5.05. The standard InChI is InChI=1S/C22H17ClINO4/c23-17-7-2-1-6-15(17)21(26)16-11-19-20(29-9-8-28-19)12-18(16)25-22(27)13-4-3-5-14(24)10-13/h1-7,10-12,21,26H,8-9H2,(H,25,27)/t21-/m0/s1. The van der Waals surface area contributed by atoms with Crippen LogP contribution in [-0.4, -0.2) is 24.2 Å². The molecular weight excluding hydrogens is 505 g/mol. The van der Waals surface area contributed by atoms with Crippen LogP contribution in [0.4, 0.5) is 5.69 Å². The van der Waals surface area contributed by atoms with Crippen LogP contribution in [0, 0.1) is 3.57 Å². The third-order valence-electron chi connectivity index (χ3n) is 4.54. The molecule has 5 nitrogen and oxygen atoms in total. The van der Waals surface area contributed by atoms with Crippen LogP contribution in [0.1, 0.15) is 27.6 Å². The van der Waals surface area contributed by atoms with Crippen LogP contribution in [0.2, 0.25) is 5.02 Å². The van der Waals surface area contributed by atoms with Crippen molar-refractivity contribution in [2.45, 2.75) is 6.10 Å². The Labute approximate surface area is 186 Å². The Hall–Kier alpha value is -2.29. The van der Waals surface area contributed by atoms with Gasteiger partial charge in [-0.3, -0.25) is 4.79 Å². The Kier molecular flexibility index (Phi) is 5.94. The maximum absolute atomic E-state index is 12.8. The maximum atomic E-state index is 12.8. The number of aliphatic hydroxyl groups excluding tert-OH is 1. The molecule has 1 aliphatic heterocycles. The van der Waals surface area contributed by atoms with Gasteiger partial charge in [0, 0.05) is 31.3 Å². The molecular formula is C22H17ClINO4. The van der Waals surface area contributed by atoms with Gasteiger partial charge in [0.25, 0.3) is 5.91 Å². The average molecular weight is 522 g/mol. The van der Waals surface area contributed by atoms with Crippen molar-refractivity contribution < 1.29 is 19.4 Å². The molecule has 2 N–H and O–H groups in total. The number of anilines is 1. The molecule has 0 unspecified atom stereocenters. The van der Waals surface area contributed by atoms with Crippen molar-refractivity contribution in [3.8, 4) is 11.5 Å². The number of carbonyl (C=O) groups is 1. The van der Waals surface area contributed by atoms with Crippen LogP contribution < -0.4 is 14.8 Å². The summed E-state index contributed by atoms with van der Waals surface area (Å²) in [4.78, 5) is 12.8. The van der Waals surface area contributed by atoms with Crippen LogP contribution in [0.5, 0.6) is 11.5 Å². The summed E-state index contributed by atoms with van der Waals surface area (Å²) in [5.74, 6) is 0.752. The quantitative estimate of drug-likeness (QED) is 0.472. The van der Waals surface area contributed by atoms with E-state index in [0.717, 1.165) is 3.57 Å². The molecule has 0 saturated heterocycles. The molecule has 0 radical (unpaired) electrons. The number of ether oxygens (including phenoxy) is 2. The zero-order valence-electron chi connectivity index (χ0n) is 15.2. The van der Waals surface area contributed by atoms with Gasteiger partial charge in [-0.25, -0.2) is 0 Å².